The van der Waals surface area contributed by atoms with Gasteiger partial charge < -0.3 is 10.2 Å². The first-order chi connectivity index (χ1) is 14.7. The van der Waals surface area contributed by atoms with Gasteiger partial charge in [0.05, 0.1) is 5.92 Å². The van der Waals surface area contributed by atoms with Crippen molar-refractivity contribution in [2.24, 2.45) is 5.92 Å². The summed E-state index contributed by atoms with van der Waals surface area (Å²) in [6.45, 7) is 1.28. The van der Waals surface area contributed by atoms with Crippen LogP contribution in [0.2, 0.25) is 0 Å². The van der Waals surface area contributed by atoms with Crippen LogP contribution in [0.15, 0.2) is 24.5 Å². The largest absolute Gasteiger partial charge is 0.353 e. The average molecular weight is 414 g/mol. The van der Waals surface area contributed by atoms with Crippen molar-refractivity contribution >= 4 is 11.8 Å². The van der Waals surface area contributed by atoms with Crippen molar-refractivity contribution in [1.29, 1.82) is 0 Å². The maximum Gasteiger partial charge on any atom is 0.241 e. The molecular formula is C23H35N5O2. The number of amides is 2. The quantitative estimate of drug-likeness (QED) is 0.706. The molecule has 2 saturated heterocycles. The summed E-state index contributed by atoms with van der Waals surface area (Å²) in [5, 5.41) is 3.30. The van der Waals surface area contributed by atoms with Gasteiger partial charge in [0.2, 0.25) is 11.8 Å². The number of hydrazine groups is 1. The van der Waals surface area contributed by atoms with E-state index in [4.69, 9.17) is 0 Å². The van der Waals surface area contributed by atoms with E-state index in [0.29, 0.717) is 19.0 Å². The van der Waals surface area contributed by atoms with Crippen molar-refractivity contribution in [3.63, 3.8) is 0 Å². The van der Waals surface area contributed by atoms with E-state index < -0.39 is 0 Å². The van der Waals surface area contributed by atoms with E-state index in [9.17, 15) is 9.59 Å². The predicted molar refractivity (Wildman–Crippen MR) is 115 cm³/mol. The highest BCUT2D eigenvalue weighted by Crippen LogP contribution is 2.25. The Kier molecular flexibility index (Phi) is 7.33. The summed E-state index contributed by atoms with van der Waals surface area (Å²) in [6.07, 6.45) is 14.5. The summed E-state index contributed by atoms with van der Waals surface area (Å²) < 4.78 is 0. The van der Waals surface area contributed by atoms with Crippen molar-refractivity contribution in [1.82, 2.24) is 26.1 Å². The van der Waals surface area contributed by atoms with Crippen LogP contribution in [0.3, 0.4) is 0 Å². The number of hydrogen-bond acceptors (Lipinski definition) is 5. The number of piperidine rings is 1. The molecule has 3 atom stereocenters. The van der Waals surface area contributed by atoms with Crippen molar-refractivity contribution in [3.05, 3.63) is 30.1 Å². The molecule has 3 unspecified atom stereocenters. The number of nitrogens with one attached hydrogen (secondary N) is 3. The summed E-state index contributed by atoms with van der Waals surface area (Å²) >= 11 is 0. The van der Waals surface area contributed by atoms with Crippen LogP contribution in [0, 0.1) is 5.92 Å². The van der Waals surface area contributed by atoms with Gasteiger partial charge in [0, 0.05) is 37.6 Å². The number of aromatic nitrogens is 1. The number of pyridine rings is 1. The summed E-state index contributed by atoms with van der Waals surface area (Å²) in [5.74, 6) is 0.159. The summed E-state index contributed by atoms with van der Waals surface area (Å²) in [5.41, 5.74) is 7.53. The minimum absolute atomic E-state index is 0.0847. The van der Waals surface area contributed by atoms with E-state index in [0.717, 1.165) is 37.8 Å². The van der Waals surface area contributed by atoms with E-state index >= 15 is 0 Å². The zero-order valence-corrected chi connectivity index (χ0v) is 17.8. The van der Waals surface area contributed by atoms with Gasteiger partial charge in [0.15, 0.2) is 0 Å². The first kappa shape index (κ1) is 21.2. The summed E-state index contributed by atoms with van der Waals surface area (Å²) in [7, 11) is 0. The lowest BCUT2D eigenvalue weighted by atomic mass is 9.93. The Morgan fingerprint density at radius 3 is 2.47 bits per heavy atom. The number of hydrogen-bond donors (Lipinski definition) is 3. The molecule has 3 fully saturated rings. The van der Waals surface area contributed by atoms with Gasteiger partial charge >= 0.3 is 0 Å². The molecule has 0 radical (unpaired) electrons. The third kappa shape index (κ3) is 5.38. The van der Waals surface area contributed by atoms with Crippen LogP contribution in [0.25, 0.3) is 0 Å². The first-order valence-electron chi connectivity index (χ1n) is 11.7. The number of nitrogens with zero attached hydrogens (tertiary/aromatic N) is 2. The topological polar surface area (TPSA) is 86.4 Å². The Hall–Kier alpha value is -1.99. The molecule has 0 aromatic carbocycles. The maximum atomic E-state index is 13.1. The highest BCUT2D eigenvalue weighted by Gasteiger charge is 2.36. The van der Waals surface area contributed by atoms with Gasteiger partial charge in [-0.2, -0.15) is 0 Å². The second-order valence-corrected chi connectivity index (χ2v) is 9.08. The second-order valence-electron chi connectivity index (χ2n) is 9.08. The SMILES string of the molecule is O=C(NC1CCCCCCC1)C1CCCN(C(=O)C2CC(c3ccncc3)NN2)C1. The predicted octanol–water partition coefficient (Wildman–Crippen LogP) is 2.46. The third-order valence-electron chi connectivity index (χ3n) is 6.87. The second kappa shape index (κ2) is 10.4. The Balaban J connectivity index is 1.29. The molecule has 1 aliphatic carbocycles. The molecular weight excluding hydrogens is 378 g/mol. The van der Waals surface area contributed by atoms with Gasteiger partial charge in [-0.3, -0.25) is 14.6 Å². The van der Waals surface area contributed by atoms with E-state index in [-0.39, 0.29) is 29.8 Å². The van der Waals surface area contributed by atoms with Crippen LogP contribution in [0.5, 0.6) is 0 Å². The molecule has 164 valence electrons. The lowest BCUT2D eigenvalue weighted by molar-refractivity contribution is -0.137. The Morgan fingerprint density at radius 2 is 1.70 bits per heavy atom. The highest BCUT2D eigenvalue weighted by atomic mass is 16.2. The monoisotopic (exact) mass is 413 g/mol. The molecule has 1 saturated carbocycles. The third-order valence-corrected chi connectivity index (χ3v) is 6.87. The normalized spacial score (nSPS) is 28.5. The van der Waals surface area contributed by atoms with Crippen LogP contribution < -0.4 is 16.2 Å². The average Bonchev–Trinajstić information content (AvgIpc) is 3.26. The molecule has 2 aliphatic heterocycles. The van der Waals surface area contributed by atoms with Crippen molar-refractivity contribution in [2.75, 3.05) is 13.1 Å². The molecule has 3 aliphatic rings. The Bertz CT molecular complexity index is 705. The van der Waals surface area contributed by atoms with E-state index in [2.05, 4.69) is 21.2 Å². The molecule has 1 aromatic heterocycles. The number of carbonyl (C=O) groups excluding carboxylic acids is 2. The van der Waals surface area contributed by atoms with E-state index in [1.54, 1.807) is 12.4 Å². The molecule has 3 N–H and O–H groups in total. The minimum atomic E-state index is -0.254. The molecule has 30 heavy (non-hydrogen) atoms. The van der Waals surface area contributed by atoms with Gasteiger partial charge in [-0.25, -0.2) is 10.9 Å². The fourth-order valence-electron chi connectivity index (χ4n) is 5.06. The van der Waals surface area contributed by atoms with Crippen molar-refractivity contribution in [2.45, 2.75) is 82.3 Å². The molecule has 4 rings (SSSR count). The maximum absolute atomic E-state index is 13.1. The standard InChI is InChI=1S/C23H35N5O2/c29-22(25-19-8-4-2-1-3-5-9-19)18-7-6-14-28(16-18)23(30)21-15-20(26-27-21)17-10-12-24-13-11-17/h10-13,18-21,26-27H,1-9,14-16H2,(H,25,29). The van der Waals surface area contributed by atoms with Crippen LogP contribution in [0.1, 0.15) is 75.8 Å². The smallest absolute Gasteiger partial charge is 0.241 e. The molecule has 0 bridgehead atoms. The first-order valence-corrected chi connectivity index (χ1v) is 11.7. The lowest BCUT2D eigenvalue weighted by Crippen LogP contribution is -2.52. The number of likely N-dealkylation sites (tertiary alicyclic amines) is 1. The van der Waals surface area contributed by atoms with Gasteiger partial charge in [-0.15, -0.1) is 0 Å². The van der Waals surface area contributed by atoms with Crippen LogP contribution >= 0.6 is 0 Å². The number of carbonyl (C=O) groups is 2. The zero-order chi connectivity index (χ0) is 20.8. The molecule has 7 heteroatoms. The van der Waals surface area contributed by atoms with Crippen LogP contribution in [-0.2, 0) is 9.59 Å². The number of rotatable bonds is 4. The fraction of sp³-hybridized carbons (Fsp3) is 0.696. The molecule has 7 nitrogen and oxygen atoms in total. The van der Waals surface area contributed by atoms with Gasteiger partial charge in [-0.05, 0) is 49.8 Å². The molecule has 2 amide bonds. The van der Waals surface area contributed by atoms with Crippen LogP contribution in [-0.4, -0.2) is 46.9 Å². The Morgan fingerprint density at radius 1 is 0.967 bits per heavy atom. The fourth-order valence-corrected chi connectivity index (χ4v) is 5.06. The van der Waals surface area contributed by atoms with Crippen LogP contribution in [0.4, 0.5) is 0 Å². The van der Waals surface area contributed by atoms with E-state index in [1.807, 2.05) is 17.0 Å². The van der Waals surface area contributed by atoms with Gasteiger partial charge in [-0.1, -0.05) is 32.1 Å². The molecule has 1 aromatic rings. The zero-order valence-electron chi connectivity index (χ0n) is 17.8. The minimum Gasteiger partial charge on any atom is -0.353 e. The van der Waals surface area contributed by atoms with Gasteiger partial charge in [0.25, 0.3) is 0 Å². The lowest BCUT2D eigenvalue weighted by Gasteiger charge is -2.34. The van der Waals surface area contributed by atoms with Gasteiger partial charge in [0.1, 0.15) is 6.04 Å². The van der Waals surface area contributed by atoms with E-state index in [1.165, 1.54) is 32.1 Å². The summed E-state index contributed by atoms with van der Waals surface area (Å²) in [6, 6.07) is 4.11. The highest BCUT2D eigenvalue weighted by molar-refractivity contribution is 5.84. The summed E-state index contributed by atoms with van der Waals surface area (Å²) in [4.78, 5) is 32.0. The molecule has 3 heterocycles. The van der Waals surface area contributed by atoms with Crippen molar-refractivity contribution < 1.29 is 9.59 Å². The Labute approximate surface area is 179 Å². The van der Waals surface area contributed by atoms with Crippen molar-refractivity contribution in [3.8, 4) is 0 Å². The molecule has 0 spiro atoms.